The van der Waals surface area contributed by atoms with Gasteiger partial charge in [0.05, 0.1) is 16.9 Å². The molecule has 1 aliphatic rings. The highest BCUT2D eigenvalue weighted by molar-refractivity contribution is 5.94. The topological polar surface area (TPSA) is 49.3 Å². The van der Waals surface area contributed by atoms with E-state index in [9.17, 15) is 13.6 Å². The number of aryl methyl sites for hydroxylation is 1. The standard InChI is InChI=1S/C17H18F2N4O/c1-11-14(12(2)24)10-20-17(21-11)23-7-5-22(6-8-23)16-4-3-13(18)9-15(16)19/h3-4,9-10H,5-8H2,1-2H3. The van der Waals surface area contributed by atoms with Crippen LogP contribution in [0.5, 0.6) is 0 Å². The van der Waals surface area contributed by atoms with E-state index in [0.29, 0.717) is 49.1 Å². The van der Waals surface area contributed by atoms with Crippen molar-refractivity contribution in [3.8, 4) is 0 Å². The van der Waals surface area contributed by atoms with Crippen LogP contribution in [0.1, 0.15) is 23.0 Å². The van der Waals surface area contributed by atoms with E-state index in [-0.39, 0.29) is 5.78 Å². The third-order valence-electron chi connectivity index (χ3n) is 4.16. The van der Waals surface area contributed by atoms with Crippen molar-refractivity contribution in [1.82, 2.24) is 9.97 Å². The molecule has 5 nitrogen and oxygen atoms in total. The highest BCUT2D eigenvalue weighted by Crippen LogP contribution is 2.22. The van der Waals surface area contributed by atoms with E-state index in [1.807, 2.05) is 9.80 Å². The summed E-state index contributed by atoms with van der Waals surface area (Å²) in [5.74, 6) is -0.627. The number of halogens is 2. The largest absolute Gasteiger partial charge is 0.366 e. The van der Waals surface area contributed by atoms with Crippen LogP contribution in [0, 0.1) is 18.6 Å². The second kappa shape index (κ2) is 6.51. The van der Waals surface area contributed by atoms with E-state index < -0.39 is 11.6 Å². The first-order valence-electron chi connectivity index (χ1n) is 7.75. The fourth-order valence-electron chi connectivity index (χ4n) is 2.84. The van der Waals surface area contributed by atoms with Crippen LogP contribution < -0.4 is 9.80 Å². The second-order valence-electron chi connectivity index (χ2n) is 5.80. The molecule has 24 heavy (non-hydrogen) atoms. The van der Waals surface area contributed by atoms with Crippen LogP contribution in [0.15, 0.2) is 24.4 Å². The minimum Gasteiger partial charge on any atom is -0.366 e. The van der Waals surface area contributed by atoms with Gasteiger partial charge < -0.3 is 9.80 Å². The summed E-state index contributed by atoms with van der Waals surface area (Å²) in [5, 5.41) is 0. The molecular weight excluding hydrogens is 314 g/mol. The maximum atomic E-state index is 13.9. The minimum atomic E-state index is -0.579. The summed E-state index contributed by atoms with van der Waals surface area (Å²) in [5.41, 5.74) is 1.57. The molecule has 1 saturated heterocycles. The lowest BCUT2D eigenvalue weighted by Crippen LogP contribution is -2.47. The molecule has 0 N–H and O–H groups in total. The lowest BCUT2D eigenvalue weighted by Gasteiger charge is -2.36. The summed E-state index contributed by atoms with van der Waals surface area (Å²) < 4.78 is 26.9. The van der Waals surface area contributed by atoms with Gasteiger partial charge in [-0.1, -0.05) is 0 Å². The van der Waals surface area contributed by atoms with Gasteiger partial charge in [0.1, 0.15) is 11.6 Å². The number of ketones is 1. The maximum Gasteiger partial charge on any atom is 0.225 e. The van der Waals surface area contributed by atoms with Gasteiger partial charge in [0, 0.05) is 38.4 Å². The van der Waals surface area contributed by atoms with E-state index >= 15 is 0 Å². The van der Waals surface area contributed by atoms with Crippen molar-refractivity contribution in [2.75, 3.05) is 36.0 Å². The van der Waals surface area contributed by atoms with Gasteiger partial charge in [-0.05, 0) is 26.0 Å². The summed E-state index contributed by atoms with van der Waals surface area (Å²) in [6.45, 7) is 5.68. The predicted octanol–water partition coefficient (Wildman–Crippen LogP) is 2.59. The minimum absolute atomic E-state index is 0.0596. The number of anilines is 2. The number of carbonyl (C=O) groups is 1. The number of hydrogen-bond acceptors (Lipinski definition) is 5. The quantitative estimate of drug-likeness (QED) is 0.809. The van der Waals surface area contributed by atoms with Gasteiger partial charge in [-0.3, -0.25) is 4.79 Å². The number of aromatic nitrogens is 2. The van der Waals surface area contributed by atoms with Gasteiger partial charge in [0.2, 0.25) is 5.95 Å². The Kier molecular flexibility index (Phi) is 4.42. The Bertz CT molecular complexity index is 773. The van der Waals surface area contributed by atoms with Crippen LogP contribution in [0.3, 0.4) is 0 Å². The summed E-state index contributed by atoms with van der Waals surface area (Å²) in [4.78, 5) is 24.0. The van der Waals surface area contributed by atoms with Gasteiger partial charge in [-0.25, -0.2) is 18.7 Å². The first-order valence-corrected chi connectivity index (χ1v) is 7.75. The van der Waals surface area contributed by atoms with Gasteiger partial charge in [0.15, 0.2) is 5.78 Å². The Balaban J connectivity index is 1.71. The molecule has 0 atom stereocenters. The van der Waals surface area contributed by atoms with Crippen molar-refractivity contribution in [2.24, 2.45) is 0 Å². The molecule has 1 aromatic carbocycles. The monoisotopic (exact) mass is 332 g/mol. The Morgan fingerprint density at radius 1 is 1.12 bits per heavy atom. The van der Waals surface area contributed by atoms with Crippen LogP contribution in [0.25, 0.3) is 0 Å². The molecule has 3 rings (SSSR count). The van der Waals surface area contributed by atoms with E-state index in [2.05, 4.69) is 9.97 Å². The number of hydrogen-bond donors (Lipinski definition) is 0. The zero-order valence-electron chi connectivity index (χ0n) is 13.6. The van der Waals surface area contributed by atoms with Crippen molar-refractivity contribution in [3.05, 3.63) is 47.3 Å². The van der Waals surface area contributed by atoms with Crippen molar-refractivity contribution in [2.45, 2.75) is 13.8 Å². The summed E-state index contributed by atoms with van der Waals surface area (Å²) in [6.07, 6.45) is 1.55. The third kappa shape index (κ3) is 3.20. The first-order chi connectivity index (χ1) is 11.5. The molecule has 1 aromatic heterocycles. The molecule has 0 bridgehead atoms. The molecule has 2 aromatic rings. The highest BCUT2D eigenvalue weighted by atomic mass is 19.1. The normalized spacial score (nSPS) is 14.8. The van der Waals surface area contributed by atoms with Gasteiger partial charge in [-0.2, -0.15) is 0 Å². The molecule has 0 saturated carbocycles. The number of piperazine rings is 1. The number of rotatable bonds is 3. The molecule has 7 heteroatoms. The summed E-state index contributed by atoms with van der Waals surface area (Å²) in [7, 11) is 0. The van der Waals surface area contributed by atoms with Gasteiger partial charge in [0.25, 0.3) is 0 Å². The average molecular weight is 332 g/mol. The average Bonchev–Trinajstić information content (AvgIpc) is 2.54. The van der Waals surface area contributed by atoms with Crippen LogP contribution in [-0.4, -0.2) is 41.9 Å². The highest BCUT2D eigenvalue weighted by Gasteiger charge is 2.22. The maximum absolute atomic E-state index is 13.9. The van der Waals surface area contributed by atoms with E-state index in [1.165, 1.54) is 19.1 Å². The fourth-order valence-corrected chi connectivity index (χ4v) is 2.84. The van der Waals surface area contributed by atoms with Crippen LogP contribution in [0.4, 0.5) is 20.4 Å². The molecular formula is C17H18F2N4O. The van der Waals surface area contributed by atoms with Crippen LogP contribution in [0.2, 0.25) is 0 Å². The Labute approximate surface area is 138 Å². The smallest absolute Gasteiger partial charge is 0.225 e. The Hall–Kier alpha value is -2.57. The molecule has 2 heterocycles. The summed E-state index contributed by atoms with van der Waals surface area (Å²) in [6, 6.07) is 3.62. The zero-order valence-corrected chi connectivity index (χ0v) is 13.6. The summed E-state index contributed by atoms with van der Waals surface area (Å²) >= 11 is 0. The van der Waals surface area contributed by atoms with Crippen molar-refractivity contribution < 1.29 is 13.6 Å². The molecule has 126 valence electrons. The SMILES string of the molecule is CC(=O)c1cnc(N2CCN(c3ccc(F)cc3F)CC2)nc1C. The molecule has 0 amide bonds. The molecule has 0 unspecified atom stereocenters. The molecule has 0 spiro atoms. The molecule has 1 aliphatic heterocycles. The molecule has 0 aliphatic carbocycles. The van der Waals surface area contributed by atoms with E-state index in [1.54, 1.807) is 13.1 Å². The Morgan fingerprint density at radius 2 is 1.79 bits per heavy atom. The second-order valence-corrected chi connectivity index (χ2v) is 5.80. The third-order valence-corrected chi connectivity index (χ3v) is 4.16. The van der Waals surface area contributed by atoms with Crippen molar-refractivity contribution >= 4 is 17.4 Å². The molecule has 0 radical (unpaired) electrons. The molecule has 1 fully saturated rings. The number of benzene rings is 1. The lowest BCUT2D eigenvalue weighted by molar-refractivity contribution is 0.101. The van der Waals surface area contributed by atoms with Crippen molar-refractivity contribution in [1.29, 1.82) is 0 Å². The fraction of sp³-hybridized carbons (Fsp3) is 0.353. The van der Waals surface area contributed by atoms with Gasteiger partial charge in [-0.15, -0.1) is 0 Å². The predicted molar refractivity (Wildman–Crippen MR) is 87.6 cm³/mol. The number of carbonyl (C=O) groups excluding carboxylic acids is 1. The zero-order chi connectivity index (χ0) is 17.3. The lowest BCUT2D eigenvalue weighted by atomic mass is 10.2. The number of nitrogens with zero attached hydrogens (tertiary/aromatic N) is 4. The first kappa shape index (κ1) is 16.3. The van der Waals surface area contributed by atoms with E-state index in [4.69, 9.17) is 0 Å². The van der Waals surface area contributed by atoms with Crippen molar-refractivity contribution in [3.63, 3.8) is 0 Å². The van der Waals surface area contributed by atoms with Gasteiger partial charge >= 0.3 is 0 Å². The van der Waals surface area contributed by atoms with Crippen LogP contribution in [-0.2, 0) is 0 Å². The Morgan fingerprint density at radius 3 is 2.38 bits per heavy atom. The van der Waals surface area contributed by atoms with Crippen LogP contribution >= 0.6 is 0 Å². The van der Waals surface area contributed by atoms with E-state index in [0.717, 1.165) is 6.07 Å². The number of Topliss-reactive ketones (excluding diaryl/α,β-unsaturated/α-hetero) is 1.